The van der Waals surface area contributed by atoms with Crippen molar-refractivity contribution in [3.63, 3.8) is 0 Å². The summed E-state index contributed by atoms with van der Waals surface area (Å²) in [5.74, 6) is 5.32. The molecule has 2 rings (SSSR count). The van der Waals surface area contributed by atoms with Crippen LogP contribution in [0.5, 0.6) is 0 Å². The van der Waals surface area contributed by atoms with Crippen LogP contribution in [0.2, 0.25) is 0 Å². The maximum atomic E-state index is 6.18. The summed E-state index contributed by atoms with van der Waals surface area (Å²) >= 11 is 1.51. The lowest BCUT2D eigenvalue weighted by molar-refractivity contribution is 0.186. The monoisotopic (exact) mass is 264 g/mol. The maximum absolute atomic E-state index is 6.18. The number of nitrogen functional groups attached to an aromatic ring is 1. The summed E-state index contributed by atoms with van der Waals surface area (Å²) < 4.78 is 5.21. The van der Waals surface area contributed by atoms with E-state index in [9.17, 15) is 0 Å². The van der Waals surface area contributed by atoms with E-state index in [1.54, 1.807) is 7.11 Å². The molecule has 0 saturated heterocycles. The molecule has 5 nitrogen and oxygen atoms in total. The second kappa shape index (κ2) is 4.91. The summed E-state index contributed by atoms with van der Waals surface area (Å²) in [7, 11) is 1.66. The summed E-state index contributed by atoms with van der Waals surface area (Å²) in [5, 5.41) is 4.65. The molecule has 0 aromatic carbocycles. The smallest absolute Gasteiger partial charge is 0.126 e. The molecule has 0 fully saturated rings. The molecule has 4 N–H and O–H groups in total. The molecule has 0 amide bonds. The quantitative estimate of drug-likeness (QED) is 0.504. The van der Waals surface area contributed by atoms with Gasteiger partial charge in [0, 0.05) is 18.2 Å². The maximum Gasteiger partial charge on any atom is 0.126 e. The predicted molar refractivity (Wildman–Crippen MR) is 75.9 cm³/mol. The average molecular weight is 264 g/mol. The van der Waals surface area contributed by atoms with Gasteiger partial charge in [0.1, 0.15) is 4.83 Å². The van der Waals surface area contributed by atoms with Gasteiger partial charge in [0.05, 0.1) is 22.9 Å². The van der Waals surface area contributed by atoms with E-state index in [1.165, 1.54) is 11.3 Å². The third-order valence-electron chi connectivity index (χ3n) is 2.73. The fourth-order valence-electron chi connectivity index (χ4n) is 1.93. The fourth-order valence-corrected chi connectivity index (χ4v) is 3.07. The van der Waals surface area contributed by atoms with Crippen molar-refractivity contribution < 1.29 is 4.74 Å². The van der Waals surface area contributed by atoms with Gasteiger partial charge in [-0.2, -0.15) is 5.10 Å². The number of thiophene rings is 1. The number of fused-ring (bicyclic) bond motifs is 1. The molecule has 2 heterocycles. The molecular formula is C12H16N4OS. The van der Waals surface area contributed by atoms with Crippen LogP contribution < -0.4 is 11.6 Å². The zero-order valence-electron chi connectivity index (χ0n) is 10.7. The Morgan fingerprint density at radius 1 is 1.56 bits per heavy atom. The minimum atomic E-state index is 0.513. The standard InChI is InChI=1S/C12H16N4OS/c1-6-4-8(5-17-3)9-10(13)11(7(2)16-14)18-12(9)15-6/h4H,5,13-14H2,1-3H3. The molecule has 0 aliphatic rings. The van der Waals surface area contributed by atoms with E-state index >= 15 is 0 Å². The molecule has 2 aromatic rings. The van der Waals surface area contributed by atoms with Gasteiger partial charge in [-0.25, -0.2) is 4.98 Å². The van der Waals surface area contributed by atoms with Crippen molar-refractivity contribution >= 4 is 33.0 Å². The molecule has 0 radical (unpaired) electrons. The lowest BCUT2D eigenvalue weighted by Crippen LogP contribution is -2.00. The number of anilines is 1. The Morgan fingerprint density at radius 2 is 2.28 bits per heavy atom. The van der Waals surface area contributed by atoms with Gasteiger partial charge in [-0.15, -0.1) is 11.3 Å². The van der Waals surface area contributed by atoms with Crippen molar-refractivity contribution in [2.24, 2.45) is 10.9 Å². The van der Waals surface area contributed by atoms with E-state index in [0.717, 1.165) is 32.1 Å². The van der Waals surface area contributed by atoms with Crippen LogP contribution in [0.15, 0.2) is 11.2 Å². The Bertz CT molecular complexity index is 618. The van der Waals surface area contributed by atoms with Crippen LogP contribution >= 0.6 is 11.3 Å². The highest BCUT2D eigenvalue weighted by molar-refractivity contribution is 7.21. The number of hydrogen-bond donors (Lipinski definition) is 2. The molecule has 96 valence electrons. The van der Waals surface area contributed by atoms with Crippen molar-refractivity contribution in [1.29, 1.82) is 0 Å². The van der Waals surface area contributed by atoms with E-state index in [0.29, 0.717) is 12.3 Å². The van der Waals surface area contributed by atoms with Crippen LogP contribution in [-0.2, 0) is 11.3 Å². The lowest BCUT2D eigenvalue weighted by atomic mass is 10.1. The second-order valence-corrected chi connectivity index (χ2v) is 5.09. The molecule has 0 spiro atoms. The highest BCUT2D eigenvalue weighted by Gasteiger charge is 2.16. The fraction of sp³-hybridized carbons (Fsp3) is 0.333. The predicted octanol–water partition coefficient (Wildman–Crippen LogP) is 2.02. The summed E-state index contributed by atoms with van der Waals surface area (Å²) in [5.41, 5.74) is 9.57. The number of aromatic nitrogens is 1. The molecular weight excluding hydrogens is 248 g/mol. The van der Waals surface area contributed by atoms with E-state index in [4.69, 9.17) is 16.3 Å². The zero-order valence-corrected chi connectivity index (χ0v) is 11.5. The minimum absolute atomic E-state index is 0.513. The van der Waals surface area contributed by atoms with Crippen LogP contribution in [0.25, 0.3) is 10.2 Å². The van der Waals surface area contributed by atoms with Gasteiger partial charge in [0.25, 0.3) is 0 Å². The van der Waals surface area contributed by atoms with Crippen LogP contribution in [0.1, 0.15) is 23.1 Å². The number of aryl methyl sites for hydroxylation is 1. The van der Waals surface area contributed by atoms with Gasteiger partial charge in [-0.05, 0) is 25.5 Å². The van der Waals surface area contributed by atoms with E-state index < -0.39 is 0 Å². The van der Waals surface area contributed by atoms with E-state index in [-0.39, 0.29) is 0 Å². The molecule has 6 heteroatoms. The normalized spacial score (nSPS) is 12.3. The largest absolute Gasteiger partial charge is 0.397 e. The average Bonchev–Trinajstić information content (AvgIpc) is 2.66. The topological polar surface area (TPSA) is 86.5 Å². The number of nitrogens with zero attached hydrogens (tertiary/aromatic N) is 2. The number of rotatable bonds is 3. The molecule has 0 unspecified atom stereocenters. The number of methoxy groups -OCH3 is 1. The van der Waals surface area contributed by atoms with Crippen LogP contribution in [-0.4, -0.2) is 17.8 Å². The summed E-state index contributed by atoms with van der Waals surface area (Å²) in [6, 6.07) is 1.99. The van der Waals surface area contributed by atoms with Crippen molar-refractivity contribution in [1.82, 2.24) is 4.98 Å². The first kappa shape index (κ1) is 12.8. The van der Waals surface area contributed by atoms with Crippen molar-refractivity contribution in [2.75, 3.05) is 12.8 Å². The molecule has 0 aliphatic carbocycles. The number of hydrogen-bond acceptors (Lipinski definition) is 6. The molecule has 0 aliphatic heterocycles. The molecule has 2 aromatic heterocycles. The van der Waals surface area contributed by atoms with Gasteiger partial charge in [0.15, 0.2) is 0 Å². The summed E-state index contributed by atoms with van der Waals surface area (Å²) in [6.45, 7) is 4.31. The Labute approximate surface area is 109 Å². The SMILES string of the molecule is COCc1cc(C)nc2sc(C(C)=NN)c(N)c12. The number of ether oxygens (including phenoxy) is 1. The number of nitrogens with two attached hydrogens (primary N) is 2. The first-order valence-corrected chi connectivity index (χ1v) is 6.32. The van der Waals surface area contributed by atoms with Gasteiger partial charge >= 0.3 is 0 Å². The Morgan fingerprint density at radius 3 is 2.89 bits per heavy atom. The van der Waals surface area contributed by atoms with Gasteiger partial charge in [-0.3, -0.25) is 0 Å². The molecule has 0 atom stereocenters. The van der Waals surface area contributed by atoms with Gasteiger partial charge in [0.2, 0.25) is 0 Å². The van der Waals surface area contributed by atoms with Crippen molar-refractivity contribution in [3.05, 3.63) is 22.2 Å². The van der Waals surface area contributed by atoms with E-state index in [2.05, 4.69) is 10.1 Å². The summed E-state index contributed by atoms with van der Waals surface area (Å²) in [4.78, 5) is 6.28. The Balaban J connectivity index is 2.75. The minimum Gasteiger partial charge on any atom is -0.397 e. The highest BCUT2D eigenvalue weighted by Crippen LogP contribution is 2.35. The van der Waals surface area contributed by atoms with Crippen molar-refractivity contribution in [2.45, 2.75) is 20.5 Å². The van der Waals surface area contributed by atoms with Crippen LogP contribution in [0.3, 0.4) is 0 Å². The van der Waals surface area contributed by atoms with Crippen LogP contribution in [0.4, 0.5) is 5.69 Å². The van der Waals surface area contributed by atoms with Gasteiger partial charge < -0.3 is 16.3 Å². The number of pyridine rings is 1. The lowest BCUT2D eigenvalue weighted by Gasteiger charge is -2.04. The number of hydrazone groups is 1. The molecule has 18 heavy (non-hydrogen) atoms. The first-order valence-electron chi connectivity index (χ1n) is 5.50. The third-order valence-corrected chi connectivity index (χ3v) is 3.94. The van der Waals surface area contributed by atoms with E-state index in [1.807, 2.05) is 19.9 Å². The van der Waals surface area contributed by atoms with Crippen molar-refractivity contribution in [3.8, 4) is 0 Å². The Hall–Kier alpha value is -1.66. The molecule has 0 bridgehead atoms. The third kappa shape index (κ3) is 2.04. The Kier molecular flexibility index (Phi) is 3.49. The molecule has 0 saturated carbocycles. The summed E-state index contributed by atoms with van der Waals surface area (Å²) in [6.07, 6.45) is 0. The zero-order chi connectivity index (χ0) is 13.3. The highest BCUT2D eigenvalue weighted by atomic mass is 32.1. The first-order chi connectivity index (χ1) is 8.58. The van der Waals surface area contributed by atoms with Crippen LogP contribution in [0, 0.1) is 6.92 Å². The second-order valence-electron chi connectivity index (χ2n) is 4.10. The van der Waals surface area contributed by atoms with Gasteiger partial charge in [-0.1, -0.05) is 0 Å².